The summed E-state index contributed by atoms with van der Waals surface area (Å²) in [6, 6.07) is 7.10. The lowest BCUT2D eigenvalue weighted by Gasteiger charge is -2.07. The Balaban J connectivity index is 2.47. The van der Waals surface area contributed by atoms with E-state index in [0.717, 1.165) is 12.0 Å². The van der Waals surface area contributed by atoms with Crippen molar-refractivity contribution in [2.24, 2.45) is 5.73 Å². The molecule has 0 saturated carbocycles. The molecule has 7 heteroatoms. The van der Waals surface area contributed by atoms with Crippen LogP contribution in [0.4, 0.5) is 0 Å². The van der Waals surface area contributed by atoms with Crippen molar-refractivity contribution in [2.75, 3.05) is 25.4 Å². The van der Waals surface area contributed by atoms with E-state index in [2.05, 4.69) is 10.0 Å². The molecule has 0 saturated heterocycles. The van der Waals surface area contributed by atoms with Gasteiger partial charge in [0, 0.05) is 18.7 Å². The average molecular weight is 299 g/mol. The third-order valence-electron chi connectivity index (χ3n) is 2.67. The van der Waals surface area contributed by atoms with Crippen LogP contribution in [0.2, 0.25) is 0 Å². The molecule has 0 aliphatic rings. The summed E-state index contributed by atoms with van der Waals surface area (Å²) in [7, 11) is -3.30. The van der Waals surface area contributed by atoms with E-state index >= 15 is 0 Å². The molecule has 20 heavy (non-hydrogen) atoms. The van der Waals surface area contributed by atoms with Gasteiger partial charge in [-0.1, -0.05) is 19.1 Å². The highest BCUT2D eigenvalue weighted by molar-refractivity contribution is 7.89. The molecule has 1 amide bonds. The summed E-state index contributed by atoms with van der Waals surface area (Å²) in [5, 5.41) is 2.58. The minimum Gasteiger partial charge on any atom is -0.351 e. The zero-order valence-corrected chi connectivity index (χ0v) is 12.4. The third-order valence-corrected chi connectivity index (χ3v) is 4.14. The molecular formula is C13H21N3O3S. The molecule has 0 heterocycles. The molecule has 0 unspecified atom stereocenters. The number of carbonyl (C=O) groups is 1. The number of carbonyl (C=O) groups excluding carboxylic acids is 1. The normalized spacial score (nSPS) is 11.3. The van der Waals surface area contributed by atoms with E-state index in [9.17, 15) is 13.2 Å². The maximum absolute atomic E-state index is 11.8. The number of benzene rings is 1. The SMILES string of the molecule is CCNS(=O)(=O)CCNC(=O)c1ccc(CCN)cc1. The maximum atomic E-state index is 11.8. The Labute approximate surface area is 119 Å². The largest absolute Gasteiger partial charge is 0.351 e. The van der Waals surface area contributed by atoms with Crippen LogP contribution in [0.1, 0.15) is 22.8 Å². The number of amides is 1. The number of nitrogens with one attached hydrogen (secondary N) is 2. The van der Waals surface area contributed by atoms with E-state index in [1.807, 2.05) is 12.1 Å². The fourth-order valence-electron chi connectivity index (χ4n) is 1.68. The van der Waals surface area contributed by atoms with Crippen LogP contribution in [0, 0.1) is 0 Å². The molecule has 4 N–H and O–H groups in total. The molecule has 0 spiro atoms. The Bertz CT molecular complexity index is 526. The number of nitrogens with two attached hydrogens (primary N) is 1. The Kier molecular flexibility index (Phi) is 6.63. The topological polar surface area (TPSA) is 101 Å². The molecule has 1 aromatic rings. The zero-order valence-electron chi connectivity index (χ0n) is 11.6. The van der Waals surface area contributed by atoms with Gasteiger partial charge in [-0.05, 0) is 30.7 Å². The van der Waals surface area contributed by atoms with Gasteiger partial charge < -0.3 is 11.1 Å². The predicted molar refractivity (Wildman–Crippen MR) is 79.0 cm³/mol. The highest BCUT2D eigenvalue weighted by Crippen LogP contribution is 2.04. The summed E-state index contributed by atoms with van der Waals surface area (Å²) < 4.78 is 25.1. The smallest absolute Gasteiger partial charge is 0.251 e. The quantitative estimate of drug-likeness (QED) is 0.621. The van der Waals surface area contributed by atoms with Crippen molar-refractivity contribution in [3.05, 3.63) is 35.4 Å². The fraction of sp³-hybridized carbons (Fsp3) is 0.462. The van der Waals surface area contributed by atoms with Crippen LogP contribution < -0.4 is 15.8 Å². The molecule has 0 atom stereocenters. The van der Waals surface area contributed by atoms with Gasteiger partial charge in [-0.15, -0.1) is 0 Å². The van der Waals surface area contributed by atoms with Crippen LogP contribution >= 0.6 is 0 Å². The summed E-state index contributed by atoms with van der Waals surface area (Å²) in [4.78, 5) is 11.8. The molecule has 1 aromatic carbocycles. The van der Waals surface area contributed by atoms with Crippen molar-refractivity contribution in [3.8, 4) is 0 Å². The van der Waals surface area contributed by atoms with Crippen LogP contribution in [-0.2, 0) is 16.4 Å². The summed E-state index contributed by atoms with van der Waals surface area (Å²) in [6.45, 7) is 2.70. The molecule has 1 rings (SSSR count). The van der Waals surface area contributed by atoms with Crippen molar-refractivity contribution < 1.29 is 13.2 Å². The lowest BCUT2D eigenvalue weighted by atomic mass is 10.1. The highest BCUT2D eigenvalue weighted by atomic mass is 32.2. The Morgan fingerprint density at radius 2 is 1.90 bits per heavy atom. The van der Waals surface area contributed by atoms with E-state index < -0.39 is 10.0 Å². The number of hydrogen-bond acceptors (Lipinski definition) is 4. The van der Waals surface area contributed by atoms with Crippen LogP contribution in [0.25, 0.3) is 0 Å². The first-order chi connectivity index (χ1) is 9.48. The van der Waals surface area contributed by atoms with Crippen LogP contribution in [0.5, 0.6) is 0 Å². The number of sulfonamides is 1. The first-order valence-corrected chi connectivity index (χ1v) is 8.18. The molecular weight excluding hydrogens is 278 g/mol. The van der Waals surface area contributed by atoms with Crippen molar-refractivity contribution >= 4 is 15.9 Å². The minimum absolute atomic E-state index is 0.0821. The van der Waals surface area contributed by atoms with E-state index in [0.29, 0.717) is 18.7 Å². The molecule has 0 bridgehead atoms. The van der Waals surface area contributed by atoms with E-state index in [1.165, 1.54) is 0 Å². The Morgan fingerprint density at radius 3 is 2.45 bits per heavy atom. The van der Waals surface area contributed by atoms with Crippen LogP contribution in [0.3, 0.4) is 0 Å². The molecule has 0 radical (unpaired) electrons. The molecule has 0 aromatic heterocycles. The summed E-state index contributed by atoms with van der Waals surface area (Å²) in [6.07, 6.45) is 0.767. The molecule has 112 valence electrons. The van der Waals surface area contributed by atoms with Gasteiger partial charge >= 0.3 is 0 Å². The second-order valence-electron chi connectivity index (χ2n) is 4.31. The van der Waals surface area contributed by atoms with Gasteiger partial charge in [0.25, 0.3) is 5.91 Å². The molecule has 0 fully saturated rings. The van der Waals surface area contributed by atoms with Gasteiger partial charge in [0.2, 0.25) is 10.0 Å². The third kappa shape index (κ3) is 5.68. The lowest BCUT2D eigenvalue weighted by molar-refractivity contribution is 0.0956. The van der Waals surface area contributed by atoms with Gasteiger partial charge in [-0.3, -0.25) is 4.79 Å². The molecule has 0 aliphatic heterocycles. The average Bonchev–Trinajstić information content (AvgIpc) is 2.39. The molecule has 6 nitrogen and oxygen atoms in total. The second kappa shape index (κ2) is 7.98. The fourth-order valence-corrected chi connectivity index (χ4v) is 2.64. The van der Waals surface area contributed by atoms with Crippen LogP contribution in [0.15, 0.2) is 24.3 Å². The van der Waals surface area contributed by atoms with E-state index in [1.54, 1.807) is 19.1 Å². The Hall–Kier alpha value is -1.44. The highest BCUT2D eigenvalue weighted by Gasteiger charge is 2.10. The first kappa shape index (κ1) is 16.6. The van der Waals surface area contributed by atoms with E-state index in [4.69, 9.17) is 5.73 Å². The maximum Gasteiger partial charge on any atom is 0.251 e. The minimum atomic E-state index is -3.30. The van der Waals surface area contributed by atoms with Gasteiger partial charge in [0.05, 0.1) is 5.75 Å². The predicted octanol–water partition coefficient (Wildman–Crippen LogP) is -0.143. The van der Waals surface area contributed by atoms with Gasteiger partial charge in [0.15, 0.2) is 0 Å². The van der Waals surface area contributed by atoms with Crippen molar-refractivity contribution in [1.82, 2.24) is 10.0 Å². The van der Waals surface area contributed by atoms with E-state index in [-0.39, 0.29) is 18.2 Å². The number of hydrogen-bond donors (Lipinski definition) is 3. The van der Waals surface area contributed by atoms with Gasteiger partial charge in [-0.2, -0.15) is 0 Å². The van der Waals surface area contributed by atoms with Crippen molar-refractivity contribution in [1.29, 1.82) is 0 Å². The standard InChI is InChI=1S/C13H21N3O3S/c1-2-16-20(18,19)10-9-15-13(17)12-5-3-11(4-6-12)7-8-14/h3-6,16H,2,7-10,14H2,1H3,(H,15,17). The summed E-state index contributed by atoms with van der Waals surface area (Å²) >= 11 is 0. The first-order valence-electron chi connectivity index (χ1n) is 6.53. The molecule has 0 aliphatic carbocycles. The Morgan fingerprint density at radius 1 is 1.25 bits per heavy atom. The number of rotatable bonds is 8. The van der Waals surface area contributed by atoms with Crippen molar-refractivity contribution in [3.63, 3.8) is 0 Å². The van der Waals surface area contributed by atoms with Crippen LogP contribution in [-0.4, -0.2) is 39.7 Å². The summed E-state index contributed by atoms with van der Waals surface area (Å²) in [5.41, 5.74) is 7.02. The zero-order chi connectivity index (χ0) is 15.0. The van der Waals surface area contributed by atoms with Crippen molar-refractivity contribution in [2.45, 2.75) is 13.3 Å². The second-order valence-corrected chi connectivity index (χ2v) is 6.23. The lowest BCUT2D eigenvalue weighted by Crippen LogP contribution is -2.34. The van der Waals surface area contributed by atoms with Gasteiger partial charge in [-0.25, -0.2) is 13.1 Å². The van der Waals surface area contributed by atoms with Gasteiger partial charge in [0.1, 0.15) is 0 Å². The monoisotopic (exact) mass is 299 g/mol. The summed E-state index contributed by atoms with van der Waals surface area (Å²) in [5.74, 6) is -0.409.